The smallest absolute Gasteiger partial charge is 0.258 e. The zero-order chi connectivity index (χ0) is 16.4. The Morgan fingerprint density at radius 1 is 1.48 bits per heavy atom. The highest BCUT2D eigenvalue weighted by Crippen LogP contribution is 2.36. The van der Waals surface area contributed by atoms with Gasteiger partial charge in [0.2, 0.25) is 0 Å². The molecule has 3 rings (SSSR count). The molecule has 1 fully saturated rings. The Bertz CT molecular complexity index is 773. The molecular formula is C17H17ClN4O. The minimum absolute atomic E-state index is 0.170. The second-order valence-corrected chi connectivity index (χ2v) is 6.29. The molecule has 1 aliphatic rings. The lowest BCUT2D eigenvalue weighted by Crippen LogP contribution is -2.53. The largest absolute Gasteiger partial charge is 0.323 e. The number of aromatic nitrogens is 2. The Hall–Kier alpha value is -2.32. The molecule has 0 unspecified atom stereocenters. The number of carbonyl (C=O) groups is 1. The molecule has 0 saturated heterocycles. The molecule has 6 heteroatoms. The summed E-state index contributed by atoms with van der Waals surface area (Å²) in [4.78, 5) is 14.1. The van der Waals surface area contributed by atoms with E-state index in [1.165, 1.54) is 0 Å². The molecule has 1 amide bonds. The predicted octanol–water partition coefficient (Wildman–Crippen LogP) is 3.10. The molecule has 1 saturated carbocycles. The van der Waals surface area contributed by atoms with Crippen LogP contribution in [0.4, 0.5) is 0 Å². The van der Waals surface area contributed by atoms with Gasteiger partial charge in [0.05, 0.1) is 24.4 Å². The minimum Gasteiger partial charge on any atom is -0.323 e. The zero-order valence-electron chi connectivity index (χ0n) is 12.9. The Morgan fingerprint density at radius 2 is 2.22 bits per heavy atom. The molecule has 1 aromatic carbocycles. The number of hydrogen-bond acceptors (Lipinski definition) is 3. The van der Waals surface area contributed by atoms with Crippen molar-refractivity contribution < 1.29 is 4.79 Å². The zero-order valence-corrected chi connectivity index (χ0v) is 13.6. The van der Waals surface area contributed by atoms with Gasteiger partial charge in [0.25, 0.3) is 5.91 Å². The molecule has 118 valence electrons. The molecule has 0 atom stereocenters. The molecule has 1 aliphatic carbocycles. The Morgan fingerprint density at radius 3 is 2.83 bits per heavy atom. The summed E-state index contributed by atoms with van der Waals surface area (Å²) < 4.78 is 1.68. The molecule has 0 spiro atoms. The lowest BCUT2D eigenvalue weighted by Gasteiger charge is -2.42. The lowest BCUT2D eigenvalue weighted by atomic mass is 9.76. The van der Waals surface area contributed by atoms with Crippen molar-refractivity contribution in [2.24, 2.45) is 0 Å². The molecule has 0 bridgehead atoms. The van der Waals surface area contributed by atoms with Crippen LogP contribution < -0.4 is 0 Å². The van der Waals surface area contributed by atoms with E-state index in [9.17, 15) is 10.1 Å². The maximum absolute atomic E-state index is 12.6. The molecule has 5 nitrogen and oxygen atoms in total. The molecular weight excluding hydrogens is 312 g/mol. The topological polar surface area (TPSA) is 61.9 Å². The monoisotopic (exact) mass is 328 g/mol. The highest BCUT2D eigenvalue weighted by molar-refractivity contribution is 6.31. The second-order valence-electron chi connectivity index (χ2n) is 5.88. The van der Waals surface area contributed by atoms with Crippen LogP contribution in [0.15, 0.2) is 36.7 Å². The molecule has 0 radical (unpaired) electrons. The number of nitrogens with zero attached hydrogens (tertiary/aromatic N) is 4. The van der Waals surface area contributed by atoms with Crippen LogP contribution in [0.25, 0.3) is 0 Å². The van der Waals surface area contributed by atoms with Crippen LogP contribution in [0, 0.1) is 11.3 Å². The fraction of sp³-hybridized carbons (Fsp3) is 0.353. The number of benzene rings is 1. The van der Waals surface area contributed by atoms with E-state index in [4.69, 9.17) is 11.6 Å². The number of carbonyl (C=O) groups excluding carboxylic acids is 1. The van der Waals surface area contributed by atoms with Crippen LogP contribution in [0.2, 0.25) is 5.02 Å². The predicted molar refractivity (Wildman–Crippen MR) is 87.1 cm³/mol. The van der Waals surface area contributed by atoms with E-state index >= 15 is 0 Å². The fourth-order valence-electron chi connectivity index (χ4n) is 2.78. The minimum atomic E-state index is -0.651. The summed E-state index contributed by atoms with van der Waals surface area (Å²) in [5.74, 6) is -0.170. The molecule has 23 heavy (non-hydrogen) atoms. The Kier molecular flexibility index (Phi) is 4.10. The third-order valence-electron chi connectivity index (χ3n) is 4.51. The summed E-state index contributed by atoms with van der Waals surface area (Å²) in [5.41, 5.74) is 0.778. The van der Waals surface area contributed by atoms with Crippen molar-refractivity contribution in [2.75, 3.05) is 7.05 Å². The van der Waals surface area contributed by atoms with E-state index in [1.54, 1.807) is 29.0 Å². The summed E-state index contributed by atoms with van der Waals surface area (Å²) in [7, 11) is 1.69. The molecule has 2 aromatic rings. The first-order valence-electron chi connectivity index (χ1n) is 7.51. The Balaban J connectivity index is 1.76. The molecule has 0 aliphatic heterocycles. The van der Waals surface area contributed by atoms with E-state index < -0.39 is 5.54 Å². The van der Waals surface area contributed by atoms with E-state index in [0.29, 0.717) is 17.1 Å². The van der Waals surface area contributed by atoms with Crippen molar-refractivity contribution >= 4 is 17.5 Å². The third-order valence-corrected chi connectivity index (χ3v) is 4.87. The second kappa shape index (κ2) is 6.05. The van der Waals surface area contributed by atoms with E-state index in [1.807, 2.05) is 24.3 Å². The quantitative estimate of drug-likeness (QED) is 0.866. The van der Waals surface area contributed by atoms with E-state index in [0.717, 1.165) is 24.8 Å². The van der Waals surface area contributed by atoms with Crippen molar-refractivity contribution in [1.29, 1.82) is 5.26 Å². The lowest BCUT2D eigenvalue weighted by molar-refractivity contribution is 0.0497. The molecule has 0 N–H and O–H groups in total. The third kappa shape index (κ3) is 2.82. The van der Waals surface area contributed by atoms with E-state index in [2.05, 4.69) is 11.2 Å². The van der Waals surface area contributed by atoms with Crippen LogP contribution in [0.5, 0.6) is 0 Å². The van der Waals surface area contributed by atoms with Gasteiger partial charge in [-0.2, -0.15) is 10.4 Å². The van der Waals surface area contributed by atoms with Gasteiger partial charge in [-0.25, -0.2) is 0 Å². The molecule has 1 heterocycles. The highest BCUT2D eigenvalue weighted by Gasteiger charge is 2.43. The summed E-state index contributed by atoms with van der Waals surface area (Å²) in [6.07, 6.45) is 5.70. The SMILES string of the molecule is CN(C(=O)c1cnn(Cc2ccccc2Cl)c1)C1(C#N)CCC1. The van der Waals surface area contributed by atoms with Gasteiger partial charge in [-0.1, -0.05) is 29.8 Å². The first-order chi connectivity index (χ1) is 11.1. The summed E-state index contributed by atoms with van der Waals surface area (Å²) in [5, 5.41) is 14.3. The first-order valence-corrected chi connectivity index (χ1v) is 7.89. The average Bonchev–Trinajstić information content (AvgIpc) is 2.97. The van der Waals surface area contributed by atoms with Gasteiger partial charge in [0.15, 0.2) is 0 Å². The standard InChI is InChI=1S/C17H17ClN4O/c1-21(17(12-19)7-4-8-17)16(23)14-9-20-22(11-14)10-13-5-2-3-6-15(13)18/h2-3,5-6,9,11H,4,7-8,10H2,1H3. The normalized spacial score (nSPS) is 15.5. The highest BCUT2D eigenvalue weighted by atomic mass is 35.5. The fourth-order valence-corrected chi connectivity index (χ4v) is 2.98. The van der Waals surface area contributed by atoms with E-state index in [-0.39, 0.29) is 5.91 Å². The Labute approximate surface area is 140 Å². The van der Waals surface area contributed by atoms with Crippen molar-refractivity contribution in [1.82, 2.24) is 14.7 Å². The number of amides is 1. The van der Waals surface area contributed by atoms with Crippen molar-refractivity contribution in [3.63, 3.8) is 0 Å². The number of halogens is 1. The van der Waals surface area contributed by atoms with Gasteiger partial charge in [-0.15, -0.1) is 0 Å². The van der Waals surface area contributed by atoms with Gasteiger partial charge in [-0.05, 0) is 30.9 Å². The maximum Gasteiger partial charge on any atom is 0.258 e. The first kappa shape index (κ1) is 15.6. The maximum atomic E-state index is 12.6. The van der Waals surface area contributed by atoms with Crippen molar-refractivity contribution in [3.05, 3.63) is 52.8 Å². The summed E-state index contributed by atoms with van der Waals surface area (Å²) in [6, 6.07) is 9.82. The van der Waals surface area contributed by atoms with Crippen LogP contribution in [0.3, 0.4) is 0 Å². The number of nitriles is 1. The van der Waals surface area contributed by atoms with Gasteiger partial charge in [-0.3, -0.25) is 9.48 Å². The van der Waals surface area contributed by atoms with Gasteiger partial charge in [0.1, 0.15) is 5.54 Å². The van der Waals surface area contributed by atoms with Crippen molar-refractivity contribution in [2.45, 2.75) is 31.3 Å². The van der Waals surface area contributed by atoms with Crippen LogP contribution in [0.1, 0.15) is 35.2 Å². The van der Waals surface area contributed by atoms with Gasteiger partial charge >= 0.3 is 0 Å². The summed E-state index contributed by atoms with van der Waals surface area (Å²) >= 11 is 6.15. The number of hydrogen-bond donors (Lipinski definition) is 0. The van der Waals surface area contributed by atoms with Crippen LogP contribution >= 0.6 is 11.6 Å². The molecule has 1 aromatic heterocycles. The van der Waals surface area contributed by atoms with Crippen LogP contribution in [-0.2, 0) is 6.54 Å². The van der Waals surface area contributed by atoms with Crippen LogP contribution in [-0.4, -0.2) is 33.2 Å². The van der Waals surface area contributed by atoms with Gasteiger partial charge in [0, 0.05) is 18.3 Å². The van der Waals surface area contributed by atoms with Crippen molar-refractivity contribution in [3.8, 4) is 6.07 Å². The average molecular weight is 329 g/mol. The number of rotatable bonds is 4. The summed E-state index contributed by atoms with van der Waals surface area (Å²) in [6.45, 7) is 0.500. The van der Waals surface area contributed by atoms with Gasteiger partial charge < -0.3 is 4.90 Å².